The quantitative estimate of drug-likeness (QED) is 0.304. The first-order chi connectivity index (χ1) is 19.6. The first kappa shape index (κ1) is 28.7. The molecule has 0 unspecified atom stereocenters. The van der Waals surface area contributed by atoms with Crippen molar-refractivity contribution in [3.63, 3.8) is 0 Å². The lowest BCUT2D eigenvalue weighted by Gasteiger charge is -2.28. The van der Waals surface area contributed by atoms with E-state index < -0.39 is 0 Å². The summed E-state index contributed by atoms with van der Waals surface area (Å²) in [6.07, 6.45) is 10.7. The maximum atomic E-state index is 13.9. The highest BCUT2D eigenvalue weighted by molar-refractivity contribution is 5.96. The second-order valence-electron chi connectivity index (χ2n) is 11.6. The van der Waals surface area contributed by atoms with E-state index in [0.29, 0.717) is 24.1 Å². The van der Waals surface area contributed by atoms with Crippen LogP contribution >= 0.6 is 0 Å². The SMILES string of the molecule is CNCCN(C)Cc1cccc(-c2cc(C(=O)NCC3CCOCC3)c3c(n2)=CCCCC=3NNC2CCC2)c1. The van der Waals surface area contributed by atoms with Crippen LogP contribution in [0.4, 0.5) is 0 Å². The molecule has 0 bridgehead atoms. The van der Waals surface area contributed by atoms with Crippen LogP contribution in [-0.4, -0.2) is 68.8 Å². The zero-order valence-corrected chi connectivity index (χ0v) is 24.2. The Morgan fingerprint density at radius 2 is 1.98 bits per heavy atom. The van der Waals surface area contributed by atoms with Gasteiger partial charge in [-0.15, -0.1) is 0 Å². The van der Waals surface area contributed by atoms with Gasteiger partial charge >= 0.3 is 0 Å². The molecule has 2 heterocycles. The largest absolute Gasteiger partial charge is 0.381 e. The van der Waals surface area contributed by atoms with Gasteiger partial charge in [-0.3, -0.25) is 4.79 Å². The van der Waals surface area contributed by atoms with Gasteiger partial charge in [-0.05, 0) is 82.7 Å². The standard InChI is InChI=1S/C32H46N6O2/c1-33-15-16-38(2)22-24-7-5-8-25(19-24)30-20-27(32(39)34-21-23-13-17-40-18-14-23)31-28(35-30)11-3-4-12-29(31)37-36-26-9-6-10-26/h5,7-8,11,19-20,23,26,33,36-37H,3-4,6,9-10,12-18,21-22H2,1-2H3,(H,34,39). The number of pyridine rings is 1. The van der Waals surface area contributed by atoms with E-state index in [1.165, 1.54) is 24.8 Å². The fraction of sp³-hybridized carbons (Fsp3) is 0.562. The van der Waals surface area contributed by atoms with E-state index in [1.807, 2.05) is 13.1 Å². The number of hydrogen-bond donors (Lipinski definition) is 4. The molecule has 1 aromatic carbocycles. The highest BCUT2D eigenvalue weighted by Gasteiger charge is 2.21. The number of carbonyl (C=O) groups is 1. The predicted molar refractivity (Wildman–Crippen MR) is 161 cm³/mol. The second-order valence-corrected chi connectivity index (χ2v) is 11.6. The second kappa shape index (κ2) is 14.2. The summed E-state index contributed by atoms with van der Waals surface area (Å²) in [5.74, 6) is 0.440. The van der Waals surface area contributed by atoms with Crippen LogP contribution in [0.15, 0.2) is 30.3 Å². The molecule has 2 aromatic rings. The number of ether oxygens (including phenoxy) is 1. The Kier molecular flexibility index (Phi) is 10.2. The molecule has 2 fully saturated rings. The fourth-order valence-electron chi connectivity index (χ4n) is 5.67. The smallest absolute Gasteiger partial charge is 0.252 e. The summed E-state index contributed by atoms with van der Waals surface area (Å²) in [5.41, 5.74) is 11.9. The Hall–Kier alpha value is -2.78. The highest BCUT2D eigenvalue weighted by atomic mass is 16.5. The number of benzene rings is 1. The van der Waals surface area contributed by atoms with Crippen molar-refractivity contribution in [1.29, 1.82) is 0 Å². The van der Waals surface area contributed by atoms with Crippen molar-refractivity contribution in [2.45, 2.75) is 64.0 Å². The van der Waals surface area contributed by atoms with Crippen molar-refractivity contribution in [1.82, 2.24) is 31.4 Å². The van der Waals surface area contributed by atoms with Crippen LogP contribution in [0.5, 0.6) is 0 Å². The number of rotatable bonds is 12. The molecule has 2 aliphatic carbocycles. The van der Waals surface area contributed by atoms with Crippen LogP contribution in [-0.2, 0) is 11.3 Å². The van der Waals surface area contributed by atoms with Crippen LogP contribution in [0.3, 0.4) is 0 Å². The van der Waals surface area contributed by atoms with E-state index in [9.17, 15) is 4.79 Å². The minimum atomic E-state index is -0.0208. The molecule has 1 saturated carbocycles. The summed E-state index contributed by atoms with van der Waals surface area (Å²) in [4.78, 5) is 21.3. The minimum Gasteiger partial charge on any atom is -0.381 e. The van der Waals surface area contributed by atoms with Gasteiger partial charge in [0.25, 0.3) is 5.91 Å². The van der Waals surface area contributed by atoms with Gasteiger partial charge in [0.05, 0.1) is 16.6 Å². The van der Waals surface area contributed by atoms with Gasteiger partial charge < -0.3 is 25.7 Å². The van der Waals surface area contributed by atoms with Crippen LogP contribution in [0.2, 0.25) is 0 Å². The molecular formula is C32H46N6O2. The summed E-state index contributed by atoms with van der Waals surface area (Å²) in [6, 6.07) is 11.1. The third-order valence-electron chi connectivity index (χ3n) is 8.41. The number of likely N-dealkylation sites (N-methyl/N-ethyl adjacent to an activating group) is 2. The minimum absolute atomic E-state index is 0.0208. The molecule has 0 spiro atoms. The van der Waals surface area contributed by atoms with Gasteiger partial charge in [-0.2, -0.15) is 0 Å². The molecule has 40 heavy (non-hydrogen) atoms. The van der Waals surface area contributed by atoms with Crippen molar-refractivity contribution in [2.75, 3.05) is 46.9 Å². The molecule has 1 aromatic heterocycles. The number of carbonyl (C=O) groups excluding carboxylic acids is 1. The molecule has 0 atom stereocenters. The number of nitrogens with one attached hydrogen (secondary N) is 4. The number of fused-ring (bicyclic) bond motifs is 1. The van der Waals surface area contributed by atoms with Gasteiger partial charge in [-0.25, -0.2) is 10.4 Å². The summed E-state index contributed by atoms with van der Waals surface area (Å²) < 4.78 is 5.52. The Morgan fingerprint density at radius 3 is 2.75 bits per heavy atom. The maximum Gasteiger partial charge on any atom is 0.252 e. The lowest BCUT2D eigenvalue weighted by Crippen LogP contribution is -2.48. The van der Waals surface area contributed by atoms with Gasteiger partial charge in [0.1, 0.15) is 0 Å². The van der Waals surface area contributed by atoms with Crippen molar-refractivity contribution in [2.24, 2.45) is 5.92 Å². The van der Waals surface area contributed by atoms with Gasteiger partial charge in [-0.1, -0.05) is 30.7 Å². The van der Waals surface area contributed by atoms with Crippen molar-refractivity contribution < 1.29 is 9.53 Å². The Bertz CT molecular complexity index is 1270. The molecule has 1 amide bonds. The molecule has 0 radical (unpaired) electrons. The number of hydrazine groups is 1. The Morgan fingerprint density at radius 1 is 1.12 bits per heavy atom. The lowest BCUT2D eigenvalue weighted by atomic mass is 9.94. The number of amides is 1. The van der Waals surface area contributed by atoms with Crippen LogP contribution < -0.4 is 32.1 Å². The zero-order chi connectivity index (χ0) is 27.7. The van der Waals surface area contributed by atoms with Crippen LogP contribution in [0.1, 0.15) is 67.3 Å². The third kappa shape index (κ3) is 7.49. The van der Waals surface area contributed by atoms with E-state index in [2.05, 4.69) is 63.8 Å². The first-order valence-corrected chi connectivity index (χ1v) is 15.1. The van der Waals surface area contributed by atoms with E-state index in [0.717, 1.165) is 92.5 Å². The molecule has 216 valence electrons. The van der Waals surface area contributed by atoms with Crippen molar-refractivity contribution in [3.05, 3.63) is 52.0 Å². The Labute approximate surface area is 238 Å². The molecule has 5 rings (SSSR count). The number of hydrogen-bond acceptors (Lipinski definition) is 7. The zero-order valence-electron chi connectivity index (χ0n) is 24.2. The monoisotopic (exact) mass is 546 g/mol. The van der Waals surface area contributed by atoms with E-state index in [-0.39, 0.29) is 5.91 Å². The molecule has 8 nitrogen and oxygen atoms in total. The van der Waals surface area contributed by atoms with Crippen LogP contribution in [0, 0.1) is 5.92 Å². The Balaban J connectivity index is 1.49. The first-order valence-electron chi connectivity index (χ1n) is 15.1. The van der Waals surface area contributed by atoms with Crippen molar-refractivity contribution in [3.8, 4) is 11.3 Å². The lowest BCUT2D eigenvalue weighted by molar-refractivity contribution is 0.0642. The summed E-state index contributed by atoms with van der Waals surface area (Å²) in [5, 5.41) is 8.34. The fourth-order valence-corrected chi connectivity index (χ4v) is 5.67. The molecular weight excluding hydrogens is 500 g/mol. The van der Waals surface area contributed by atoms with Gasteiger partial charge in [0, 0.05) is 61.9 Å². The average Bonchev–Trinajstić information content (AvgIpc) is 3.16. The highest BCUT2D eigenvalue weighted by Crippen LogP contribution is 2.21. The van der Waals surface area contributed by atoms with Crippen molar-refractivity contribution >= 4 is 17.7 Å². The van der Waals surface area contributed by atoms with Crippen LogP contribution in [0.25, 0.3) is 23.0 Å². The number of aromatic nitrogens is 1. The number of nitrogens with zero attached hydrogens (tertiary/aromatic N) is 2. The third-order valence-corrected chi connectivity index (χ3v) is 8.41. The topological polar surface area (TPSA) is 90.6 Å². The molecule has 1 saturated heterocycles. The normalized spacial score (nSPS) is 18.0. The predicted octanol–water partition coefficient (Wildman–Crippen LogP) is 2.28. The van der Waals surface area contributed by atoms with E-state index in [4.69, 9.17) is 9.72 Å². The van der Waals surface area contributed by atoms with Gasteiger partial charge in [0.2, 0.25) is 0 Å². The van der Waals surface area contributed by atoms with Gasteiger partial charge in [0.15, 0.2) is 0 Å². The maximum absolute atomic E-state index is 13.9. The summed E-state index contributed by atoms with van der Waals surface area (Å²) in [7, 11) is 4.12. The average molecular weight is 547 g/mol. The molecule has 8 heteroatoms. The van der Waals surface area contributed by atoms with E-state index in [1.54, 1.807) is 0 Å². The molecule has 3 aliphatic rings. The summed E-state index contributed by atoms with van der Waals surface area (Å²) >= 11 is 0. The molecule has 1 aliphatic heterocycles. The summed E-state index contributed by atoms with van der Waals surface area (Å²) in [6.45, 7) is 5.02. The molecule has 4 N–H and O–H groups in total. The van der Waals surface area contributed by atoms with E-state index >= 15 is 0 Å².